The minimum absolute atomic E-state index is 0.112. The molecule has 2 aromatic heterocycles. The molecule has 0 radical (unpaired) electrons. The largest absolute Gasteiger partial charge is 0.325 e. The van der Waals surface area contributed by atoms with Gasteiger partial charge >= 0.3 is 0 Å². The molecular formula is C25H24FN3O. The minimum atomic E-state index is -0.256. The predicted octanol–water partition coefficient (Wildman–Crippen LogP) is 5.50. The van der Waals surface area contributed by atoms with E-state index in [-0.39, 0.29) is 18.1 Å². The smallest absolute Gasteiger partial charge is 0.230 e. The second kappa shape index (κ2) is 8.11. The van der Waals surface area contributed by atoms with E-state index in [2.05, 4.69) is 12.2 Å². The number of fused-ring (bicyclic) bond motifs is 1. The fourth-order valence-electron chi connectivity index (χ4n) is 3.69. The molecule has 4 nitrogen and oxygen atoms in total. The Morgan fingerprint density at radius 3 is 2.67 bits per heavy atom. The number of amides is 1. The molecule has 0 spiro atoms. The molecule has 5 heteroatoms. The molecule has 0 saturated carbocycles. The molecule has 0 saturated heterocycles. The van der Waals surface area contributed by atoms with Crippen LogP contribution in [0.5, 0.6) is 0 Å². The van der Waals surface area contributed by atoms with Crippen molar-refractivity contribution in [1.29, 1.82) is 0 Å². The highest BCUT2D eigenvalue weighted by Gasteiger charge is 2.18. The van der Waals surface area contributed by atoms with Gasteiger partial charge in [0.15, 0.2) is 0 Å². The zero-order valence-electron chi connectivity index (χ0n) is 17.4. The average Bonchev–Trinajstić information content (AvgIpc) is 3.08. The molecule has 2 heterocycles. The van der Waals surface area contributed by atoms with E-state index in [0.29, 0.717) is 11.3 Å². The van der Waals surface area contributed by atoms with Gasteiger partial charge in [-0.05, 0) is 67.3 Å². The van der Waals surface area contributed by atoms with Crippen molar-refractivity contribution in [3.05, 3.63) is 89.0 Å². The number of imidazole rings is 1. The SMILES string of the molecule is CCc1ccccc1NC(=O)Cc1c(-c2ccc(F)c(C)c2)nc2ccc(C)cn12. The number of carbonyl (C=O) groups is 1. The zero-order valence-corrected chi connectivity index (χ0v) is 17.4. The van der Waals surface area contributed by atoms with E-state index in [0.717, 1.165) is 40.1 Å². The van der Waals surface area contributed by atoms with Crippen LogP contribution in [0, 0.1) is 19.7 Å². The lowest BCUT2D eigenvalue weighted by molar-refractivity contribution is -0.115. The number of aryl methyl sites for hydroxylation is 3. The molecule has 0 aliphatic rings. The van der Waals surface area contributed by atoms with Crippen molar-refractivity contribution in [3.8, 4) is 11.3 Å². The number of para-hydroxylation sites is 1. The summed E-state index contributed by atoms with van der Waals surface area (Å²) in [5.74, 6) is -0.367. The van der Waals surface area contributed by atoms with Gasteiger partial charge < -0.3 is 9.72 Å². The third-order valence-corrected chi connectivity index (χ3v) is 5.30. The monoisotopic (exact) mass is 401 g/mol. The van der Waals surface area contributed by atoms with Crippen LogP contribution in [-0.4, -0.2) is 15.3 Å². The highest BCUT2D eigenvalue weighted by Crippen LogP contribution is 2.27. The van der Waals surface area contributed by atoms with E-state index < -0.39 is 0 Å². The number of nitrogens with one attached hydrogen (secondary N) is 1. The van der Waals surface area contributed by atoms with E-state index in [9.17, 15) is 9.18 Å². The topological polar surface area (TPSA) is 46.4 Å². The van der Waals surface area contributed by atoms with Crippen molar-refractivity contribution in [3.63, 3.8) is 0 Å². The molecule has 0 aliphatic carbocycles. The molecule has 1 N–H and O–H groups in total. The van der Waals surface area contributed by atoms with Gasteiger partial charge in [0.2, 0.25) is 5.91 Å². The van der Waals surface area contributed by atoms with E-state index in [1.165, 1.54) is 6.07 Å². The highest BCUT2D eigenvalue weighted by molar-refractivity contribution is 5.94. The van der Waals surface area contributed by atoms with Crippen LogP contribution < -0.4 is 5.32 Å². The summed E-state index contributed by atoms with van der Waals surface area (Å²) in [4.78, 5) is 17.7. The summed E-state index contributed by atoms with van der Waals surface area (Å²) in [7, 11) is 0. The summed E-state index contributed by atoms with van der Waals surface area (Å²) >= 11 is 0. The van der Waals surface area contributed by atoms with E-state index in [1.54, 1.807) is 19.1 Å². The van der Waals surface area contributed by atoms with E-state index >= 15 is 0 Å². The second-order valence-electron chi connectivity index (χ2n) is 7.54. The third kappa shape index (κ3) is 3.83. The first-order chi connectivity index (χ1) is 14.5. The van der Waals surface area contributed by atoms with Gasteiger partial charge in [-0.2, -0.15) is 0 Å². The Balaban J connectivity index is 1.75. The fraction of sp³-hybridized carbons (Fsp3) is 0.200. The van der Waals surface area contributed by atoms with Crippen LogP contribution in [-0.2, 0) is 17.6 Å². The maximum Gasteiger partial charge on any atom is 0.230 e. The van der Waals surface area contributed by atoms with Gasteiger partial charge in [-0.25, -0.2) is 9.37 Å². The number of halogens is 1. The number of hydrogen-bond donors (Lipinski definition) is 1. The van der Waals surface area contributed by atoms with Gasteiger partial charge in [-0.15, -0.1) is 0 Å². The molecule has 30 heavy (non-hydrogen) atoms. The average molecular weight is 401 g/mol. The summed E-state index contributed by atoms with van der Waals surface area (Å²) in [6.45, 7) is 5.79. The highest BCUT2D eigenvalue weighted by atomic mass is 19.1. The molecule has 0 unspecified atom stereocenters. The molecule has 152 valence electrons. The maximum atomic E-state index is 13.8. The number of hydrogen-bond acceptors (Lipinski definition) is 2. The van der Waals surface area contributed by atoms with Crippen LogP contribution in [0.4, 0.5) is 10.1 Å². The quantitative estimate of drug-likeness (QED) is 0.480. The first-order valence-electron chi connectivity index (χ1n) is 10.1. The van der Waals surface area contributed by atoms with Gasteiger partial charge in [-0.3, -0.25) is 4.79 Å². The van der Waals surface area contributed by atoms with Crippen molar-refractivity contribution in [1.82, 2.24) is 9.38 Å². The lowest BCUT2D eigenvalue weighted by atomic mass is 10.1. The number of nitrogens with zero attached hydrogens (tertiary/aromatic N) is 2. The number of aromatic nitrogens is 2. The van der Waals surface area contributed by atoms with Crippen LogP contribution in [0.15, 0.2) is 60.8 Å². The summed E-state index contributed by atoms with van der Waals surface area (Å²) in [6, 6.07) is 16.7. The molecule has 1 amide bonds. The Kier molecular flexibility index (Phi) is 5.36. The molecule has 4 aromatic rings. The van der Waals surface area contributed by atoms with Gasteiger partial charge in [0.1, 0.15) is 11.5 Å². The third-order valence-electron chi connectivity index (χ3n) is 5.30. The number of anilines is 1. The minimum Gasteiger partial charge on any atom is -0.325 e. The summed E-state index contributed by atoms with van der Waals surface area (Å²) in [5, 5.41) is 3.04. The Morgan fingerprint density at radius 1 is 1.10 bits per heavy atom. The van der Waals surface area contributed by atoms with E-state index in [1.807, 2.05) is 53.9 Å². The first-order valence-corrected chi connectivity index (χ1v) is 10.1. The summed E-state index contributed by atoms with van der Waals surface area (Å²) in [5.41, 5.74) is 6.58. The standard InChI is InChI=1S/C25H24FN3O/c1-4-18-7-5-6-8-21(18)27-24(30)14-22-25(19-10-11-20(26)17(3)13-19)28-23-12-9-16(2)15-29(22)23/h5-13,15H,4,14H2,1-3H3,(H,27,30). The molecule has 0 atom stereocenters. The van der Waals surface area contributed by atoms with Gasteiger partial charge in [0, 0.05) is 17.4 Å². The summed E-state index contributed by atoms with van der Waals surface area (Å²) in [6.07, 6.45) is 2.98. The fourth-order valence-corrected chi connectivity index (χ4v) is 3.69. The van der Waals surface area contributed by atoms with Crippen LogP contribution in [0.1, 0.15) is 29.3 Å². The lowest BCUT2D eigenvalue weighted by Crippen LogP contribution is -2.17. The number of carbonyl (C=O) groups excluding carboxylic acids is 1. The predicted molar refractivity (Wildman–Crippen MR) is 118 cm³/mol. The van der Waals surface area contributed by atoms with Crippen molar-refractivity contribution in [2.45, 2.75) is 33.6 Å². The maximum absolute atomic E-state index is 13.8. The molecule has 0 bridgehead atoms. The number of pyridine rings is 1. The van der Waals surface area contributed by atoms with Gasteiger partial charge in [0.25, 0.3) is 0 Å². The van der Waals surface area contributed by atoms with Crippen molar-refractivity contribution in [2.75, 3.05) is 5.32 Å². The number of rotatable bonds is 5. The van der Waals surface area contributed by atoms with Crippen molar-refractivity contribution >= 4 is 17.2 Å². The Morgan fingerprint density at radius 2 is 1.90 bits per heavy atom. The first kappa shape index (κ1) is 19.8. The summed E-state index contributed by atoms with van der Waals surface area (Å²) < 4.78 is 15.8. The molecule has 0 aliphatic heterocycles. The second-order valence-corrected chi connectivity index (χ2v) is 7.54. The van der Waals surface area contributed by atoms with Crippen LogP contribution >= 0.6 is 0 Å². The Bertz CT molecular complexity index is 1240. The Labute approximate surface area is 175 Å². The van der Waals surface area contributed by atoms with Crippen LogP contribution in [0.3, 0.4) is 0 Å². The lowest BCUT2D eigenvalue weighted by Gasteiger charge is -2.11. The van der Waals surface area contributed by atoms with Crippen molar-refractivity contribution in [2.24, 2.45) is 0 Å². The molecular weight excluding hydrogens is 377 g/mol. The Hall–Kier alpha value is -3.47. The van der Waals surface area contributed by atoms with Gasteiger partial charge in [0.05, 0.1) is 17.8 Å². The van der Waals surface area contributed by atoms with Crippen LogP contribution in [0.25, 0.3) is 16.9 Å². The molecule has 0 fully saturated rings. The van der Waals surface area contributed by atoms with Crippen LogP contribution in [0.2, 0.25) is 0 Å². The van der Waals surface area contributed by atoms with Crippen molar-refractivity contribution < 1.29 is 9.18 Å². The van der Waals surface area contributed by atoms with Gasteiger partial charge in [-0.1, -0.05) is 31.2 Å². The van der Waals surface area contributed by atoms with E-state index in [4.69, 9.17) is 4.98 Å². The molecule has 4 rings (SSSR count). The number of benzene rings is 2. The molecule has 2 aromatic carbocycles. The zero-order chi connectivity index (χ0) is 21.3. The normalized spacial score (nSPS) is 11.1.